The number of carboxylic acid groups (broad SMARTS) is 1. The van der Waals surface area contributed by atoms with Gasteiger partial charge in [-0.2, -0.15) is 0 Å². The molecule has 0 aliphatic heterocycles. The van der Waals surface area contributed by atoms with Gasteiger partial charge in [-0.25, -0.2) is 0 Å². The summed E-state index contributed by atoms with van der Waals surface area (Å²) in [5, 5.41) is 9.33. The van der Waals surface area contributed by atoms with Crippen LogP contribution in [0.5, 0.6) is 0 Å². The fourth-order valence-corrected chi connectivity index (χ4v) is 9.11. The normalized spacial score (nSPS) is 49.1. The first-order valence-corrected chi connectivity index (χ1v) is 12.0. The Morgan fingerprint density at radius 3 is 2.43 bits per heavy atom. The first kappa shape index (κ1) is 20.4. The molecule has 1 N–H and O–H groups in total. The van der Waals surface area contributed by atoms with Crippen LogP contribution in [0.15, 0.2) is 0 Å². The largest absolute Gasteiger partial charge is 0.481 e. The fourth-order valence-electron chi connectivity index (χ4n) is 9.11. The topological polar surface area (TPSA) is 54.4 Å². The van der Waals surface area contributed by atoms with Crippen LogP contribution in [0, 0.1) is 52.3 Å². The third-order valence-corrected chi connectivity index (χ3v) is 10.3. The summed E-state index contributed by atoms with van der Waals surface area (Å²) in [4.78, 5) is 25.2. The molecule has 0 heterocycles. The molecule has 3 heteroatoms. The summed E-state index contributed by atoms with van der Waals surface area (Å²) in [6.07, 6.45) is 11.1. The van der Waals surface area contributed by atoms with E-state index in [1.54, 1.807) is 0 Å². The first-order chi connectivity index (χ1) is 13.2. The Morgan fingerprint density at radius 1 is 1.04 bits per heavy atom. The summed E-state index contributed by atoms with van der Waals surface area (Å²) in [7, 11) is 0. The number of aliphatic carboxylic acids is 1. The number of fused-ring (bicyclic) bond motifs is 5. The lowest BCUT2D eigenvalue weighted by molar-refractivity contribution is -0.168. The molecule has 4 unspecified atom stereocenters. The van der Waals surface area contributed by atoms with Crippen molar-refractivity contribution in [2.75, 3.05) is 0 Å². The zero-order valence-corrected chi connectivity index (χ0v) is 18.4. The minimum Gasteiger partial charge on any atom is -0.481 e. The molecule has 0 amide bonds. The number of carboxylic acids is 1. The van der Waals surface area contributed by atoms with Crippen molar-refractivity contribution in [2.45, 2.75) is 91.9 Å². The summed E-state index contributed by atoms with van der Waals surface area (Å²) in [5.74, 6) is 2.75. The zero-order chi connectivity index (χ0) is 20.3. The second-order valence-electron chi connectivity index (χ2n) is 11.3. The second kappa shape index (κ2) is 7.13. The fraction of sp³-hybridized carbons (Fsp3) is 0.920. The summed E-state index contributed by atoms with van der Waals surface area (Å²) in [6, 6.07) is 0. The van der Waals surface area contributed by atoms with Crippen molar-refractivity contribution in [2.24, 2.45) is 52.3 Å². The van der Waals surface area contributed by atoms with Crippen molar-refractivity contribution in [1.82, 2.24) is 0 Å². The quantitative estimate of drug-likeness (QED) is 0.646. The molecular weight excluding hydrogens is 348 g/mol. The minimum absolute atomic E-state index is 0.155. The number of rotatable bonds is 4. The Morgan fingerprint density at radius 2 is 1.75 bits per heavy atom. The van der Waals surface area contributed by atoms with E-state index in [9.17, 15) is 14.7 Å². The van der Waals surface area contributed by atoms with Crippen LogP contribution in [-0.4, -0.2) is 16.9 Å². The van der Waals surface area contributed by atoms with Crippen LogP contribution in [0.3, 0.4) is 0 Å². The van der Waals surface area contributed by atoms with Crippen molar-refractivity contribution in [3.63, 3.8) is 0 Å². The maximum absolute atomic E-state index is 13.8. The molecule has 0 bridgehead atoms. The van der Waals surface area contributed by atoms with Gasteiger partial charge in [0.05, 0.1) is 0 Å². The van der Waals surface area contributed by atoms with Crippen LogP contribution in [0.1, 0.15) is 91.9 Å². The summed E-state index contributed by atoms with van der Waals surface area (Å²) in [5.41, 5.74) is 0.505. The molecule has 158 valence electrons. The third kappa shape index (κ3) is 2.82. The molecule has 0 radical (unpaired) electrons. The predicted molar refractivity (Wildman–Crippen MR) is 111 cm³/mol. The number of carbonyl (C=O) groups is 2. The van der Waals surface area contributed by atoms with Gasteiger partial charge in [0.1, 0.15) is 5.78 Å². The molecule has 4 fully saturated rings. The molecule has 0 aromatic carbocycles. The average Bonchev–Trinajstić information content (AvgIpc) is 2.99. The smallest absolute Gasteiger partial charge is 0.303 e. The molecule has 0 aromatic heterocycles. The van der Waals surface area contributed by atoms with E-state index in [2.05, 4.69) is 27.7 Å². The van der Waals surface area contributed by atoms with Crippen LogP contribution in [0.25, 0.3) is 0 Å². The van der Waals surface area contributed by atoms with E-state index in [4.69, 9.17) is 0 Å². The van der Waals surface area contributed by atoms with E-state index in [1.807, 2.05) is 0 Å². The number of Topliss-reactive ketones (excluding diaryl/α,β-unsaturated/α-hetero) is 1. The molecule has 0 spiro atoms. The summed E-state index contributed by atoms with van der Waals surface area (Å²) >= 11 is 0. The predicted octanol–water partition coefficient (Wildman–Crippen LogP) is 5.96. The van der Waals surface area contributed by atoms with Crippen LogP contribution in [0.4, 0.5) is 0 Å². The van der Waals surface area contributed by atoms with Gasteiger partial charge in [-0.15, -0.1) is 0 Å². The maximum Gasteiger partial charge on any atom is 0.303 e. The summed E-state index contributed by atoms with van der Waals surface area (Å²) in [6.45, 7) is 9.31. The lowest BCUT2D eigenvalue weighted by Gasteiger charge is -2.62. The Balaban J connectivity index is 1.67. The van der Waals surface area contributed by atoms with Crippen LogP contribution in [-0.2, 0) is 9.59 Å². The number of hydrogen-bond donors (Lipinski definition) is 1. The van der Waals surface area contributed by atoms with Crippen molar-refractivity contribution in [3.05, 3.63) is 0 Å². The zero-order valence-electron chi connectivity index (χ0n) is 18.4. The highest BCUT2D eigenvalue weighted by atomic mass is 16.4. The van der Waals surface area contributed by atoms with E-state index >= 15 is 0 Å². The van der Waals surface area contributed by atoms with Gasteiger partial charge in [-0.3, -0.25) is 9.59 Å². The van der Waals surface area contributed by atoms with Gasteiger partial charge < -0.3 is 5.11 Å². The Bertz CT molecular complexity index is 642. The van der Waals surface area contributed by atoms with Gasteiger partial charge in [0.2, 0.25) is 0 Å². The molecular formula is C25H40O3. The Kier molecular flexibility index (Phi) is 5.20. The van der Waals surface area contributed by atoms with Gasteiger partial charge in [-0.1, -0.05) is 40.5 Å². The lowest BCUT2D eigenvalue weighted by atomic mass is 9.42. The van der Waals surface area contributed by atoms with Gasteiger partial charge in [0.15, 0.2) is 0 Å². The van der Waals surface area contributed by atoms with Crippen molar-refractivity contribution < 1.29 is 14.7 Å². The van der Waals surface area contributed by atoms with Crippen molar-refractivity contribution >= 4 is 11.8 Å². The standard InChI is InChI=1S/C25H40O3/c1-5-16-18-8-6-7-12-24(18,3)20-11-13-25(4)17(15(2)14-21(26)27)9-10-19(25)22(20)23(16)28/h15-20,22H,5-14H2,1-4H3,(H,26,27)/t15-,16-,17-,18?,19?,20?,22?,24+,25-/m1/s1. The highest BCUT2D eigenvalue weighted by molar-refractivity contribution is 5.86. The van der Waals surface area contributed by atoms with Crippen LogP contribution < -0.4 is 0 Å². The summed E-state index contributed by atoms with van der Waals surface area (Å²) < 4.78 is 0. The third-order valence-electron chi connectivity index (χ3n) is 10.3. The van der Waals surface area contributed by atoms with Gasteiger partial charge >= 0.3 is 5.97 Å². The Labute approximate surface area is 171 Å². The highest BCUT2D eigenvalue weighted by Gasteiger charge is 2.64. The van der Waals surface area contributed by atoms with E-state index in [0.29, 0.717) is 34.9 Å². The van der Waals surface area contributed by atoms with E-state index in [0.717, 1.165) is 19.3 Å². The number of ketones is 1. The molecule has 28 heavy (non-hydrogen) atoms. The maximum atomic E-state index is 13.8. The first-order valence-electron chi connectivity index (χ1n) is 12.0. The van der Waals surface area contributed by atoms with Crippen molar-refractivity contribution in [1.29, 1.82) is 0 Å². The van der Waals surface area contributed by atoms with Crippen LogP contribution in [0.2, 0.25) is 0 Å². The number of hydrogen-bond acceptors (Lipinski definition) is 2. The average molecular weight is 389 g/mol. The monoisotopic (exact) mass is 388 g/mol. The van der Waals surface area contributed by atoms with Crippen LogP contribution >= 0.6 is 0 Å². The molecule has 4 saturated carbocycles. The number of carbonyl (C=O) groups excluding carboxylic acids is 1. The molecule has 3 nitrogen and oxygen atoms in total. The Hall–Kier alpha value is -0.860. The molecule has 0 aromatic rings. The molecule has 9 atom stereocenters. The molecule has 4 aliphatic carbocycles. The lowest BCUT2D eigenvalue weighted by Crippen LogP contribution is -2.59. The van der Waals surface area contributed by atoms with Gasteiger partial charge in [0, 0.05) is 18.3 Å². The highest BCUT2D eigenvalue weighted by Crippen LogP contribution is 2.68. The SMILES string of the molecule is CC[C@H]1C(=O)C2C(CC[C@@]3(C)C2CC[C@@H]3[C@H](C)CC(=O)O)[C@@]2(C)CCCCC12. The minimum atomic E-state index is -0.675. The molecule has 4 rings (SSSR count). The van der Waals surface area contributed by atoms with E-state index < -0.39 is 5.97 Å². The second-order valence-corrected chi connectivity index (χ2v) is 11.3. The molecule has 4 aliphatic rings. The van der Waals surface area contributed by atoms with E-state index in [-0.39, 0.29) is 29.6 Å². The van der Waals surface area contributed by atoms with Gasteiger partial charge in [-0.05, 0) is 85.4 Å². The molecule has 0 saturated heterocycles. The van der Waals surface area contributed by atoms with Crippen molar-refractivity contribution in [3.8, 4) is 0 Å². The van der Waals surface area contributed by atoms with Gasteiger partial charge in [0.25, 0.3) is 0 Å². The van der Waals surface area contributed by atoms with E-state index in [1.165, 1.54) is 38.5 Å².